The third kappa shape index (κ3) is 9.13. The highest BCUT2D eigenvalue weighted by atomic mass is 31.3. The zero-order chi connectivity index (χ0) is 22.5. The fraction of sp³-hybridized carbons (Fsp3) is 0.600. The zero-order valence-electron chi connectivity index (χ0n) is 14.7. The lowest BCUT2D eigenvalue weighted by molar-refractivity contribution is -0.141. The summed E-state index contributed by atoms with van der Waals surface area (Å²) in [6.07, 6.45) is -1.17. The van der Waals surface area contributed by atoms with E-state index in [-0.39, 0.29) is 18.7 Å². The molecule has 0 radical (unpaired) electrons. The Labute approximate surface area is 163 Å². The monoisotopic (exact) mass is 483 g/mol. The van der Waals surface area contributed by atoms with Crippen molar-refractivity contribution in [1.29, 1.82) is 0 Å². The van der Waals surface area contributed by atoms with Gasteiger partial charge >= 0.3 is 28.9 Å². The Morgan fingerprint density at radius 3 is 2.38 bits per heavy atom. The van der Waals surface area contributed by atoms with E-state index in [1.807, 2.05) is 0 Å². The highest BCUT2D eigenvalue weighted by molar-refractivity contribution is 7.68. The molecule has 7 N–H and O–H groups in total. The van der Waals surface area contributed by atoms with E-state index in [2.05, 4.69) is 13.6 Å². The second-order valence-electron chi connectivity index (χ2n) is 5.20. The van der Waals surface area contributed by atoms with Crippen molar-refractivity contribution in [3.05, 3.63) is 22.7 Å². The SMILES string of the molecule is CO.Nc1ccn([C@H]2CC[C@@H](OCP(=O)(O)OP(=O)(O)OP(=O)(O)O)O2)c(=O)n1. The van der Waals surface area contributed by atoms with Gasteiger partial charge in [-0.2, -0.15) is 9.29 Å². The van der Waals surface area contributed by atoms with Crippen LogP contribution in [0.15, 0.2) is 17.1 Å². The van der Waals surface area contributed by atoms with Crippen LogP contribution < -0.4 is 11.4 Å². The molecule has 1 saturated heterocycles. The molecule has 2 heterocycles. The van der Waals surface area contributed by atoms with Crippen LogP contribution in [-0.2, 0) is 31.8 Å². The van der Waals surface area contributed by atoms with Crippen molar-refractivity contribution in [1.82, 2.24) is 9.55 Å². The summed E-state index contributed by atoms with van der Waals surface area (Å²) in [7, 11) is -14.9. The number of aliphatic hydroxyl groups excluding tert-OH is 1. The average Bonchev–Trinajstić information content (AvgIpc) is 3.00. The van der Waals surface area contributed by atoms with E-state index in [1.165, 1.54) is 12.3 Å². The van der Waals surface area contributed by atoms with Crippen LogP contribution in [-0.4, -0.2) is 54.0 Å². The van der Waals surface area contributed by atoms with Crippen LogP contribution in [0.4, 0.5) is 5.82 Å². The Morgan fingerprint density at radius 2 is 1.83 bits per heavy atom. The first-order valence-corrected chi connectivity index (χ1v) is 12.2. The Balaban J connectivity index is 0.00000204. The van der Waals surface area contributed by atoms with E-state index in [1.54, 1.807) is 0 Å². The van der Waals surface area contributed by atoms with E-state index in [0.717, 1.165) is 11.7 Å². The number of nitrogens with two attached hydrogens (primary N) is 1. The number of rotatable bonds is 8. The number of hydrogen-bond donors (Lipinski definition) is 6. The van der Waals surface area contributed by atoms with Gasteiger partial charge in [0.2, 0.25) is 0 Å². The largest absolute Gasteiger partial charge is 0.488 e. The molecule has 2 rings (SSSR count). The predicted molar refractivity (Wildman–Crippen MR) is 94.0 cm³/mol. The van der Waals surface area contributed by atoms with Gasteiger partial charge in [0.1, 0.15) is 12.0 Å². The second-order valence-corrected chi connectivity index (χ2v) is 9.95. The highest BCUT2D eigenvalue weighted by Crippen LogP contribution is 2.66. The average molecular weight is 483 g/mol. The van der Waals surface area contributed by atoms with Gasteiger partial charge in [0, 0.05) is 19.7 Å². The number of anilines is 1. The van der Waals surface area contributed by atoms with Crippen molar-refractivity contribution < 1.29 is 56.5 Å². The van der Waals surface area contributed by atoms with Gasteiger partial charge in [-0.15, -0.1) is 0 Å². The van der Waals surface area contributed by atoms with Crippen molar-refractivity contribution in [2.75, 3.05) is 19.2 Å². The summed E-state index contributed by atoms with van der Waals surface area (Å²) in [5.74, 6) is 0.0198. The maximum Gasteiger partial charge on any atom is 0.488 e. The summed E-state index contributed by atoms with van der Waals surface area (Å²) in [4.78, 5) is 50.7. The van der Waals surface area contributed by atoms with Crippen LogP contribution in [0, 0.1) is 0 Å². The lowest BCUT2D eigenvalue weighted by Crippen LogP contribution is -2.27. The van der Waals surface area contributed by atoms with E-state index in [4.69, 9.17) is 35.0 Å². The number of aromatic nitrogens is 2. The summed E-state index contributed by atoms with van der Waals surface area (Å²) < 4.78 is 52.2. The van der Waals surface area contributed by atoms with Gasteiger partial charge in [0.05, 0.1) is 0 Å². The fourth-order valence-electron chi connectivity index (χ4n) is 2.07. The smallest absolute Gasteiger partial charge is 0.400 e. The van der Waals surface area contributed by atoms with Crippen molar-refractivity contribution >= 4 is 29.1 Å². The molecule has 1 fully saturated rings. The number of nitrogens with zero attached hydrogens (tertiary/aromatic N) is 2. The van der Waals surface area contributed by atoms with Gasteiger partial charge in [-0.05, 0) is 12.5 Å². The Bertz CT molecular complexity index is 885. The van der Waals surface area contributed by atoms with Gasteiger partial charge in [0.25, 0.3) is 0 Å². The van der Waals surface area contributed by atoms with Gasteiger partial charge < -0.3 is 39.9 Å². The van der Waals surface area contributed by atoms with Crippen LogP contribution in [0.1, 0.15) is 19.1 Å². The molecule has 0 aliphatic carbocycles. The standard InChI is InChI=1S/C9H16N3O12P3.CH4O/c10-6-3-4-12(9(13)11-6)7-1-2-8(22-7)21-5-25(14,15)23-27(19,20)24-26(16,17)18;1-2/h3-4,7-8H,1-2,5H2,(H,14,15)(H,19,20)(H2,10,11,13)(H2,16,17,18);2H,1H3/t7-,8+;/m1./s1. The predicted octanol–water partition coefficient (Wildman–Crippen LogP) is -0.545. The maximum absolute atomic E-state index is 11.7. The van der Waals surface area contributed by atoms with Crippen molar-refractivity contribution in [2.24, 2.45) is 0 Å². The quantitative estimate of drug-likeness (QED) is 0.254. The van der Waals surface area contributed by atoms with Crippen molar-refractivity contribution in [2.45, 2.75) is 25.4 Å². The van der Waals surface area contributed by atoms with Crippen LogP contribution in [0.2, 0.25) is 0 Å². The summed E-state index contributed by atoms with van der Waals surface area (Å²) in [5.41, 5.74) is 4.70. The first-order chi connectivity index (χ1) is 13.3. The molecule has 1 aliphatic rings. The summed E-state index contributed by atoms with van der Waals surface area (Å²) in [5, 5.41) is 7.00. The minimum absolute atomic E-state index is 0.0198. The molecule has 1 aromatic rings. The fourth-order valence-corrected chi connectivity index (χ4v) is 5.37. The molecule has 0 bridgehead atoms. The van der Waals surface area contributed by atoms with Crippen molar-refractivity contribution in [3.63, 3.8) is 0 Å². The molecule has 4 atom stereocenters. The first-order valence-electron chi connectivity index (χ1n) is 7.46. The van der Waals surface area contributed by atoms with Crippen LogP contribution in [0.5, 0.6) is 0 Å². The van der Waals surface area contributed by atoms with E-state index in [0.29, 0.717) is 0 Å². The Hall–Kier alpha value is -0.990. The summed E-state index contributed by atoms with van der Waals surface area (Å²) >= 11 is 0. The van der Waals surface area contributed by atoms with E-state index < -0.39 is 47.8 Å². The number of ether oxygens (including phenoxy) is 2. The lowest BCUT2D eigenvalue weighted by Gasteiger charge is -2.19. The number of hydrogen-bond acceptors (Lipinski definition) is 11. The molecule has 2 unspecified atom stereocenters. The van der Waals surface area contributed by atoms with Gasteiger partial charge in [-0.25, -0.2) is 18.2 Å². The Kier molecular flexibility index (Phi) is 9.30. The summed E-state index contributed by atoms with van der Waals surface area (Å²) in [6.45, 7) is 0. The van der Waals surface area contributed by atoms with Crippen LogP contribution >= 0.6 is 23.2 Å². The topological polar surface area (TPSA) is 250 Å². The number of aliphatic hydroxyl groups is 1. The molecule has 0 aromatic carbocycles. The molecule has 16 nitrogen and oxygen atoms in total. The number of nitrogen functional groups attached to an aromatic ring is 1. The number of phosphoric acid groups is 2. The molecule has 1 aromatic heterocycles. The molecule has 1 aliphatic heterocycles. The third-order valence-electron chi connectivity index (χ3n) is 2.98. The molecule has 29 heavy (non-hydrogen) atoms. The highest BCUT2D eigenvalue weighted by Gasteiger charge is 2.40. The summed E-state index contributed by atoms with van der Waals surface area (Å²) in [6, 6.07) is 1.37. The molecule has 168 valence electrons. The minimum Gasteiger partial charge on any atom is -0.400 e. The molecular weight excluding hydrogens is 463 g/mol. The molecule has 19 heteroatoms. The first kappa shape index (κ1) is 26.0. The van der Waals surface area contributed by atoms with Crippen molar-refractivity contribution in [3.8, 4) is 0 Å². The molecule has 0 amide bonds. The lowest BCUT2D eigenvalue weighted by atomic mass is 10.3. The third-order valence-corrected chi connectivity index (χ3v) is 6.98. The van der Waals surface area contributed by atoms with E-state index >= 15 is 0 Å². The molecule has 0 saturated carbocycles. The maximum atomic E-state index is 11.7. The minimum atomic E-state index is -5.53. The normalized spacial score (nSPS) is 23.5. The van der Waals surface area contributed by atoms with Crippen LogP contribution in [0.3, 0.4) is 0 Å². The molecule has 0 spiro atoms. The van der Waals surface area contributed by atoms with Crippen LogP contribution in [0.25, 0.3) is 0 Å². The zero-order valence-corrected chi connectivity index (χ0v) is 17.4. The second kappa shape index (κ2) is 10.4. The van der Waals surface area contributed by atoms with Gasteiger partial charge in [-0.1, -0.05) is 0 Å². The van der Waals surface area contributed by atoms with Gasteiger partial charge in [0.15, 0.2) is 12.6 Å². The Morgan fingerprint density at radius 1 is 1.21 bits per heavy atom. The van der Waals surface area contributed by atoms with Gasteiger partial charge in [-0.3, -0.25) is 9.13 Å². The van der Waals surface area contributed by atoms with E-state index in [9.17, 15) is 23.4 Å². The molecular formula is C10H20N3O13P3.